The van der Waals surface area contributed by atoms with Gasteiger partial charge in [-0.25, -0.2) is 4.79 Å². The van der Waals surface area contributed by atoms with E-state index in [0.29, 0.717) is 5.92 Å². The SMILES string of the molecule is CN=C(NCCCOCC1CC1)NCC1CCCN(C(=O)OC(C)(C)C)C1. The van der Waals surface area contributed by atoms with Gasteiger partial charge in [-0.15, -0.1) is 0 Å². The molecule has 7 heteroatoms. The normalized spacial score (nSPS) is 21.1. The van der Waals surface area contributed by atoms with Crippen molar-refractivity contribution in [2.45, 2.75) is 58.5 Å². The molecule has 2 rings (SSSR count). The number of aliphatic imine (C=N–C) groups is 1. The molecule has 1 atom stereocenters. The fourth-order valence-electron chi connectivity index (χ4n) is 3.10. The van der Waals surface area contributed by atoms with Crippen molar-refractivity contribution in [1.82, 2.24) is 15.5 Å². The highest BCUT2D eigenvalue weighted by atomic mass is 16.6. The molecule has 156 valence electrons. The molecule has 1 saturated heterocycles. The van der Waals surface area contributed by atoms with Gasteiger partial charge in [-0.3, -0.25) is 4.99 Å². The van der Waals surface area contributed by atoms with E-state index in [1.54, 1.807) is 7.05 Å². The number of hydrogen-bond donors (Lipinski definition) is 2. The highest BCUT2D eigenvalue weighted by Gasteiger charge is 2.27. The lowest BCUT2D eigenvalue weighted by Crippen LogP contribution is -2.47. The van der Waals surface area contributed by atoms with Gasteiger partial charge in [-0.1, -0.05) is 0 Å². The standard InChI is InChI=1S/C20H38N4O3/c1-20(2,3)27-19(25)24-11-5-7-17(14-24)13-23-18(21-4)22-10-6-12-26-15-16-8-9-16/h16-17H,5-15H2,1-4H3,(H2,21,22,23). The fourth-order valence-corrected chi connectivity index (χ4v) is 3.10. The summed E-state index contributed by atoms with van der Waals surface area (Å²) in [5.41, 5.74) is -0.448. The molecule has 1 heterocycles. The number of hydrogen-bond acceptors (Lipinski definition) is 4. The Morgan fingerprint density at radius 2 is 1.96 bits per heavy atom. The first-order valence-electron chi connectivity index (χ1n) is 10.4. The van der Waals surface area contributed by atoms with Crippen LogP contribution in [0.15, 0.2) is 4.99 Å². The third-order valence-electron chi connectivity index (χ3n) is 4.76. The molecule has 1 aliphatic heterocycles. The van der Waals surface area contributed by atoms with Crippen LogP contribution in [0.5, 0.6) is 0 Å². The number of nitrogens with one attached hydrogen (secondary N) is 2. The van der Waals surface area contributed by atoms with Crippen molar-refractivity contribution >= 4 is 12.1 Å². The van der Waals surface area contributed by atoms with Crippen molar-refractivity contribution in [2.75, 3.05) is 46.4 Å². The molecule has 27 heavy (non-hydrogen) atoms. The number of piperidine rings is 1. The minimum absolute atomic E-state index is 0.207. The van der Waals surface area contributed by atoms with Crippen LogP contribution in [0.4, 0.5) is 4.79 Å². The summed E-state index contributed by atoms with van der Waals surface area (Å²) >= 11 is 0. The van der Waals surface area contributed by atoms with Gasteiger partial charge in [0.2, 0.25) is 0 Å². The summed E-state index contributed by atoms with van der Waals surface area (Å²) in [6.45, 7) is 10.6. The molecule has 0 spiro atoms. The molecule has 7 nitrogen and oxygen atoms in total. The molecule has 0 aromatic heterocycles. The lowest BCUT2D eigenvalue weighted by molar-refractivity contribution is 0.0168. The third kappa shape index (κ3) is 9.31. The average molecular weight is 383 g/mol. The van der Waals surface area contributed by atoms with E-state index >= 15 is 0 Å². The predicted octanol–water partition coefficient (Wildman–Crippen LogP) is 2.62. The summed E-state index contributed by atoms with van der Waals surface area (Å²) in [5, 5.41) is 6.72. The number of likely N-dealkylation sites (tertiary alicyclic amines) is 1. The first-order valence-corrected chi connectivity index (χ1v) is 10.4. The molecule has 0 aromatic carbocycles. The summed E-state index contributed by atoms with van der Waals surface area (Å²) in [6, 6.07) is 0. The summed E-state index contributed by atoms with van der Waals surface area (Å²) in [7, 11) is 1.78. The first-order chi connectivity index (χ1) is 12.9. The molecule has 2 N–H and O–H groups in total. The second-order valence-electron chi connectivity index (χ2n) is 8.69. The maximum atomic E-state index is 12.3. The molecule has 2 aliphatic rings. The molecule has 1 amide bonds. The molecule has 0 radical (unpaired) electrons. The van der Waals surface area contributed by atoms with Crippen molar-refractivity contribution in [2.24, 2.45) is 16.8 Å². The Kier molecular flexibility index (Phi) is 8.67. The highest BCUT2D eigenvalue weighted by molar-refractivity contribution is 5.79. The van der Waals surface area contributed by atoms with E-state index in [4.69, 9.17) is 9.47 Å². The lowest BCUT2D eigenvalue weighted by Gasteiger charge is -2.34. The van der Waals surface area contributed by atoms with Crippen molar-refractivity contribution in [3.63, 3.8) is 0 Å². The van der Waals surface area contributed by atoms with E-state index in [2.05, 4.69) is 15.6 Å². The van der Waals surface area contributed by atoms with Gasteiger partial charge >= 0.3 is 6.09 Å². The van der Waals surface area contributed by atoms with Crippen LogP contribution in [0.25, 0.3) is 0 Å². The van der Waals surface area contributed by atoms with E-state index in [1.807, 2.05) is 25.7 Å². The van der Waals surface area contributed by atoms with E-state index < -0.39 is 5.60 Å². The maximum Gasteiger partial charge on any atom is 0.410 e. The van der Waals surface area contributed by atoms with Gasteiger partial charge in [-0.05, 0) is 64.7 Å². The molecule has 1 aliphatic carbocycles. The van der Waals surface area contributed by atoms with Gasteiger partial charge in [0.05, 0.1) is 0 Å². The quantitative estimate of drug-likeness (QED) is 0.383. The van der Waals surface area contributed by atoms with Gasteiger partial charge in [-0.2, -0.15) is 0 Å². The van der Waals surface area contributed by atoms with Crippen LogP contribution in [0.1, 0.15) is 52.9 Å². The predicted molar refractivity (Wildman–Crippen MR) is 108 cm³/mol. The zero-order chi connectivity index (χ0) is 19.7. The van der Waals surface area contributed by atoms with Crippen LogP contribution >= 0.6 is 0 Å². The van der Waals surface area contributed by atoms with Crippen LogP contribution < -0.4 is 10.6 Å². The summed E-state index contributed by atoms with van der Waals surface area (Å²) in [4.78, 5) is 18.4. The van der Waals surface area contributed by atoms with E-state index in [1.165, 1.54) is 12.8 Å². The Hall–Kier alpha value is -1.50. The minimum atomic E-state index is -0.448. The number of guanidine groups is 1. The zero-order valence-electron chi connectivity index (χ0n) is 17.6. The smallest absolute Gasteiger partial charge is 0.410 e. The number of carbonyl (C=O) groups excluding carboxylic acids is 1. The molecule has 0 aromatic rings. The summed E-state index contributed by atoms with van der Waals surface area (Å²) in [5.74, 6) is 2.04. The topological polar surface area (TPSA) is 75.2 Å². The van der Waals surface area contributed by atoms with Crippen LogP contribution in [-0.4, -0.2) is 69.0 Å². The summed E-state index contributed by atoms with van der Waals surface area (Å²) < 4.78 is 11.1. The zero-order valence-corrected chi connectivity index (χ0v) is 17.6. The van der Waals surface area contributed by atoms with Gasteiger partial charge in [0.25, 0.3) is 0 Å². The lowest BCUT2D eigenvalue weighted by atomic mass is 9.98. The number of rotatable bonds is 8. The Labute approximate surface area is 164 Å². The van der Waals surface area contributed by atoms with Crippen LogP contribution in [0.2, 0.25) is 0 Å². The van der Waals surface area contributed by atoms with Gasteiger partial charge < -0.3 is 25.0 Å². The highest BCUT2D eigenvalue weighted by Crippen LogP contribution is 2.28. The van der Waals surface area contributed by atoms with Crippen molar-refractivity contribution in [3.8, 4) is 0 Å². The van der Waals surface area contributed by atoms with Crippen LogP contribution in [-0.2, 0) is 9.47 Å². The van der Waals surface area contributed by atoms with Crippen molar-refractivity contribution in [3.05, 3.63) is 0 Å². The average Bonchev–Trinajstić information content (AvgIpc) is 3.43. The molecular formula is C20H38N4O3. The van der Waals surface area contributed by atoms with Crippen molar-refractivity contribution < 1.29 is 14.3 Å². The van der Waals surface area contributed by atoms with Crippen molar-refractivity contribution in [1.29, 1.82) is 0 Å². The minimum Gasteiger partial charge on any atom is -0.444 e. The van der Waals surface area contributed by atoms with E-state index in [0.717, 1.165) is 70.5 Å². The monoisotopic (exact) mass is 382 g/mol. The molecule has 0 bridgehead atoms. The first kappa shape index (κ1) is 21.8. The Morgan fingerprint density at radius 1 is 1.19 bits per heavy atom. The van der Waals surface area contributed by atoms with Gasteiger partial charge in [0, 0.05) is 46.4 Å². The number of carbonyl (C=O) groups is 1. The molecule has 1 unspecified atom stereocenters. The van der Waals surface area contributed by atoms with E-state index in [-0.39, 0.29) is 6.09 Å². The Bertz CT molecular complexity index is 486. The third-order valence-corrected chi connectivity index (χ3v) is 4.76. The number of ether oxygens (including phenoxy) is 2. The largest absolute Gasteiger partial charge is 0.444 e. The number of nitrogens with zero attached hydrogens (tertiary/aromatic N) is 2. The fraction of sp³-hybridized carbons (Fsp3) is 0.900. The molecular weight excluding hydrogens is 344 g/mol. The van der Waals surface area contributed by atoms with Gasteiger partial charge in [0.15, 0.2) is 5.96 Å². The summed E-state index contributed by atoms with van der Waals surface area (Å²) in [6.07, 6.45) is 5.56. The second-order valence-corrected chi connectivity index (χ2v) is 8.69. The molecule has 2 fully saturated rings. The second kappa shape index (κ2) is 10.7. The Balaban J connectivity index is 1.60. The van der Waals surface area contributed by atoms with Crippen LogP contribution in [0.3, 0.4) is 0 Å². The Morgan fingerprint density at radius 3 is 2.63 bits per heavy atom. The molecule has 1 saturated carbocycles. The maximum absolute atomic E-state index is 12.3. The number of amides is 1. The van der Waals surface area contributed by atoms with Gasteiger partial charge in [0.1, 0.15) is 5.60 Å². The van der Waals surface area contributed by atoms with Crippen LogP contribution in [0, 0.1) is 11.8 Å². The van der Waals surface area contributed by atoms with E-state index in [9.17, 15) is 4.79 Å².